The number of carbonyl (C=O) groups excluding carboxylic acids is 2. The van der Waals surface area contributed by atoms with Gasteiger partial charge in [-0.3, -0.25) is 0 Å². The van der Waals surface area contributed by atoms with Crippen molar-refractivity contribution in [3.05, 3.63) is 49.6 Å². The predicted octanol–water partition coefficient (Wildman–Crippen LogP) is 3.09. The van der Waals surface area contributed by atoms with E-state index in [1.54, 1.807) is 6.07 Å². The molecule has 0 saturated heterocycles. The molecule has 1 rings (SSSR count). The molecule has 0 bridgehead atoms. The zero-order chi connectivity index (χ0) is 14.8. The molecular formula is C14H14O6. The van der Waals surface area contributed by atoms with Crippen LogP contribution in [0.2, 0.25) is 0 Å². The SMILES string of the molecule is C=CCOC(=O)Oc1cccc(OC(=O)OCC=C)c1. The molecule has 20 heavy (non-hydrogen) atoms. The number of hydrogen-bond acceptors (Lipinski definition) is 6. The Kier molecular flexibility index (Phi) is 6.40. The van der Waals surface area contributed by atoms with Crippen molar-refractivity contribution in [1.82, 2.24) is 0 Å². The number of rotatable bonds is 6. The number of hydrogen-bond donors (Lipinski definition) is 0. The maximum atomic E-state index is 11.2. The van der Waals surface area contributed by atoms with Crippen LogP contribution in [0.25, 0.3) is 0 Å². The standard InChI is InChI=1S/C14H14O6/c1-3-8-17-13(15)19-11-6-5-7-12(10-11)20-14(16)18-9-4-2/h3-7,10H,1-2,8-9H2. The van der Waals surface area contributed by atoms with Gasteiger partial charge in [0, 0.05) is 6.07 Å². The van der Waals surface area contributed by atoms with Gasteiger partial charge in [0.15, 0.2) is 0 Å². The molecule has 0 aliphatic carbocycles. The molecule has 106 valence electrons. The Morgan fingerprint density at radius 2 is 1.40 bits per heavy atom. The highest BCUT2D eigenvalue weighted by atomic mass is 16.7. The minimum atomic E-state index is -0.878. The van der Waals surface area contributed by atoms with Crippen molar-refractivity contribution in [2.75, 3.05) is 13.2 Å². The first-order valence-corrected chi connectivity index (χ1v) is 5.66. The normalized spacial score (nSPS) is 9.20. The van der Waals surface area contributed by atoms with E-state index in [0.717, 1.165) is 0 Å². The molecule has 0 radical (unpaired) electrons. The molecular weight excluding hydrogens is 264 g/mol. The molecule has 0 atom stereocenters. The number of benzene rings is 1. The largest absolute Gasteiger partial charge is 0.514 e. The van der Waals surface area contributed by atoms with Crippen molar-refractivity contribution in [2.45, 2.75) is 0 Å². The van der Waals surface area contributed by atoms with E-state index in [1.807, 2.05) is 0 Å². The monoisotopic (exact) mass is 278 g/mol. The summed E-state index contributed by atoms with van der Waals surface area (Å²) in [6.07, 6.45) is 1.07. The third kappa shape index (κ3) is 5.72. The first kappa shape index (κ1) is 15.3. The zero-order valence-electron chi connectivity index (χ0n) is 10.7. The van der Waals surface area contributed by atoms with Gasteiger partial charge in [-0.2, -0.15) is 0 Å². The van der Waals surface area contributed by atoms with E-state index < -0.39 is 12.3 Å². The molecule has 0 amide bonds. The van der Waals surface area contributed by atoms with Gasteiger partial charge in [-0.15, -0.1) is 0 Å². The van der Waals surface area contributed by atoms with Crippen LogP contribution in [0.5, 0.6) is 11.5 Å². The lowest BCUT2D eigenvalue weighted by atomic mass is 10.3. The van der Waals surface area contributed by atoms with Crippen LogP contribution in [-0.2, 0) is 9.47 Å². The van der Waals surface area contributed by atoms with Crippen LogP contribution in [0.1, 0.15) is 0 Å². The average Bonchev–Trinajstić information content (AvgIpc) is 2.43. The highest BCUT2D eigenvalue weighted by molar-refractivity contribution is 5.66. The van der Waals surface area contributed by atoms with Crippen molar-refractivity contribution in [3.8, 4) is 11.5 Å². The van der Waals surface area contributed by atoms with Crippen molar-refractivity contribution >= 4 is 12.3 Å². The van der Waals surface area contributed by atoms with Gasteiger partial charge in [-0.1, -0.05) is 31.4 Å². The molecule has 0 aromatic heterocycles. The topological polar surface area (TPSA) is 71.1 Å². The van der Waals surface area contributed by atoms with Crippen molar-refractivity contribution in [2.24, 2.45) is 0 Å². The second-order valence-electron chi connectivity index (χ2n) is 3.38. The summed E-state index contributed by atoms with van der Waals surface area (Å²) in [6.45, 7) is 6.89. The Hall–Kier alpha value is -2.76. The molecule has 0 unspecified atom stereocenters. The Labute approximate surface area is 116 Å². The highest BCUT2D eigenvalue weighted by Gasteiger charge is 2.09. The summed E-state index contributed by atoms with van der Waals surface area (Å²) in [5.41, 5.74) is 0. The van der Waals surface area contributed by atoms with Crippen LogP contribution in [0.15, 0.2) is 49.6 Å². The molecule has 1 aromatic rings. The molecule has 6 heteroatoms. The quantitative estimate of drug-likeness (QED) is 0.452. The minimum absolute atomic E-state index is 0.0445. The summed E-state index contributed by atoms with van der Waals surface area (Å²) in [5, 5.41) is 0. The van der Waals surface area contributed by atoms with Gasteiger partial charge in [0.2, 0.25) is 0 Å². The summed E-state index contributed by atoms with van der Waals surface area (Å²) in [7, 11) is 0. The third-order valence-electron chi connectivity index (χ3n) is 1.85. The van der Waals surface area contributed by atoms with Crippen LogP contribution >= 0.6 is 0 Å². The smallest absolute Gasteiger partial charge is 0.430 e. The van der Waals surface area contributed by atoms with Gasteiger partial charge in [0.05, 0.1) is 0 Å². The van der Waals surface area contributed by atoms with E-state index in [0.29, 0.717) is 0 Å². The van der Waals surface area contributed by atoms with Gasteiger partial charge in [0.1, 0.15) is 24.7 Å². The Balaban J connectivity index is 2.56. The molecule has 0 aliphatic heterocycles. The first-order chi connectivity index (χ1) is 9.65. The van der Waals surface area contributed by atoms with Crippen LogP contribution in [-0.4, -0.2) is 25.5 Å². The first-order valence-electron chi connectivity index (χ1n) is 5.66. The van der Waals surface area contributed by atoms with Gasteiger partial charge < -0.3 is 18.9 Å². The van der Waals surface area contributed by atoms with Crippen LogP contribution in [0.3, 0.4) is 0 Å². The molecule has 0 saturated carbocycles. The Morgan fingerprint density at radius 3 is 1.80 bits per heavy atom. The Bertz CT molecular complexity index is 453. The summed E-state index contributed by atoms with van der Waals surface area (Å²) in [6, 6.07) is 5.92. The van der Waals surface area contributed by atoms with E-state index in [4.69, 9.17) is 9.47 Å². The van der Waals surface area contributed by atoms with E-state index in [-0.39, 0.29) is 24.7 Å². The fraction of sp³-hybridized carbons (Fsp3) is 0.143. The summed E-state index contributed by atoms with van der Waals surface area (Å²) < 4.78 is 19.0. The minimum Gasteiger partial charge on any atom is -0.430 e. The lowest BCUT2D eigenvalue weighted by Gasteiger charge is -2.07. The van der Waals surface area contributed by atoms with Crippen molar-refractivity contribution in [3.63, 3.8) is 0 Å². The van der Waals surface area contributed by atoms with Gasteiger partial charge >= 0.3 is 12.3 Å². The maximum Gasteiger partial charge on any atom is 0.514 e. The fourth-order valence-electron chi connectivity index (χ4n) is 1.11. The van der Waals surface area contributed by atoms with Gasteiger partial charge in [-0.25, -0.2) is 9.59 Å². The average molecular weight is 278 g/mol. The van der Waals surface area contributed by atoms with Crippen molar-refractivity contribution in [1.29, 1.82) is 0 Å². The lowest BCUT2D eigenvalue weighted by Crippen LogP contribution is -2.12. The molecule has 1 aromatic carbocycles. The fourth-order valence-corrected chi connectivity index (χ4v) is 1.11. The third-order valence-corrected chi connectivity index (χ3v) is 1.85. The summed E-state index contributed by atoms with van der Waals surface area (Å²) >= 11 is 0. The molecule has 0 N–H and O–H groups in total. The molecule has 0 fully saturated rings. The van der Waals surface area contributed by atoms with E-state index >= 15 is 0 Å². The van der Waals surface area contributed by atoms with Crippen LogP contribution < -0.4 is 9.47 Å². The van der Waals surface area contributed by atoms with Gasteiger partial charge in [-0.05, 0) is 12.1 Å². The lowest BCUT2D eigenvalue weighted by molar-refractivity contribution is 0.108. The maximum absolute atomic E-state index is 11.2. The molecule has 0 aliphatic rings. The summed E-state index contributed by atoms with van der Waals surface area (Å²) in [4.78, 5) is 22.4. The number of carbonyl (C=O) groups is 2. The Morgan fingerprint density at radius 1 is 0.950 bits per heavy atom. The van der Waals surface area contributed by atoms with Crippen molar-refractivity contribution < 1.29 is 28.5 Å². The van der Waals surface area contributed by atoms with Crippen LogP contribution in [0, 0.1) is 0 Å². The van der Waals surface area contributed by atoms with E-state index in [9.17, 15) is 9.59 Å². The highest BCUT2D eigenvalue weighted by Crippen LogP contribution is 2.20. The molecule has 0 heterocycles. The zero-order valence-corrected chi connectivity index (χ0v) is 10.7. The van der Waals surface area contributed by atoms with E-state index in [2.05, 4.69) is 22.6 Å². The summed E-state index contributed by atoms with van der Waals surface area (Å²) in [5.74, 6) is 0.348. The van der Waals surface area contributed by atoms with E-state index in [1.165, 1.54) is 30.4 Å². The van der Waals surface area contributed by atoms with Crippen LogP contribution in [0.4, 0.5) is 9.59 Å². The predicted molar refractivity (Wildman–Crippen MR) is 70.8 cm³/mol. The molecule has 6 nitrogen and oxygen atoms in total. The second-order valence-corrected chi connectivity index (χ2v) is 3.38. The van der Waals surface area contributed by atoms with Gasteiger partial charge in [0.25, 0.3) is 0 Å². The second kappa shape index (κ2) is 8.36. The molecule has 0 spiro atoms. The number of ether oxygens (including phenoxy) is 4.